The number of rotatable bonds is 4. The SMILES string of the molecule is Cc1cccc(S(=O)(=O)CC(N)c2ccccc2)c1. The Bertz CT molecular complexity index is 651. The van der Waals surface area contributed by atoms with Crippen LogP contribution in [0, 0.1) is 6.92 Å². The van der Waals surface area contributed by atoms with Gasteiger partial charge in [0.15, 0.2) is 9.84 Å². The van der Waals surface area contributed by atoms with Gasteiger partial charge in [-0.2, -0.15) is 0 Å². The highest BCUT2D eigenvalue weighted by atomic mass is 32.2. The quantitative estimate of drug-likeness (QED) is 0.932. The van der Waals surface area contributed by atoms with Crippen LogP contribution in [0.5, 0.6) is 0 Å². The van der Waals surface area contributed by atoms with Gasteiger partial charge >= 0.3 is 0 Å². The zero-order valence-corrected chi connectivity index (χ0v) is 11.6. The van der Waals surface area contributed by atoms with E-state index in [1.807, 2.05) is 43.3 Å². The number of aryl methyl sites for hydroxylation is 1. The molecule has 0 bridgehead atoms. The number of sulfone groups is 1. The van der Waals surface area contributed by atoms with Crippen LogP contribution < -0.4 is 5.73 Å². The summed E-state index contributed by atoms with van der Waals surface area (Å²) in [5.41, 5.74) is 7.73. The van der Waals surface area contributed by atoms with Gasteiger partial charge < -0.3 is 5.73 Å². The average Bonchev–Trinajstić information content (AvgIpc) is 2.39. The second kappa shape index (κ2) is 5.55. The normalized spacial score (nSPS) is 13.2. The van der Waals surface area contributed by atoms with Gasteiger partial charge in [-0.05, 0) is 30.2 Å². The first-order valence-corrected chi connectivity index (χ1v) is 7.74. The van der Waals surface area contributed by atoms with Crippen LogP contribution in [-0.4, -0.2) is 14.2 Å². The molecule has 2 rings (SSSR count). The summed E-state index contributed by atoms with van der Waals surface area (Å²) in [7, 11) is -3.36. The number of nitrogens with two attached hydrogens (primary N) is 1. The molecule has 2 aromatic carbocycles. The highest BCUT2D eigenvalue weighted by molar-refractivity contribution is 7.91. The van der Waals surface area contributed by atoms with Crippen molar-refractivity contribution in [1.82, 2.24) is 0 Å². The van der Waals surface area contributed by atoms with Gasteiger partial charge in [0.25, 0.3) is 0 Å². The first-order valence-electron chi connectivity index (χ1n) is 6.09. The van der Waals surface area contributed by atoms with Crippen molar-refractivity contribution >= 4 is 9.84 Å². The maximum absolute atomic E-state index is 12.3. The predicted molar refractivity (Wildman–Crippen MR) is 76.6 cm³/mol. The van der Waals surface area contributed by atoms with Gasteiger partial charge in [0.2, 0.25) is 0 Å². The van der Waals surface area contributed by atoms with Crippen LogP contribution in [0.25, 0.3) is 0 Å². The summed E-state index contributed by atoms with van der Waals surface area (Å²) >= 11 is 0. The fourth-order valence-corrected chi connectivity index (χ4v) is 3.45. The third kappa shape index (κ3) is 3.43. The van der Waals surface area contributed by atoms with E-state index in [-0.39, 0.29) is 5.75 Å². The molecule has 0 aliphatic carbocycles. The Morgan fingerprint density at radius 2 is 1.74 bits per heavy atom. The largest absolute Gasteiger partial charge is 0.323 e. The van der Waals surface area contributed by atoms with E-state index >= 15 is 0 Å². The molecule has 0 heterocycles. The van der Waals surface area contributed by atoms with Crippen molar-refractivity contribution in [3.8, 4) is 0 Å². The molecule has 0 radical (unpaired) electrons. The lowest BCUT2D eigenvalue weighted by molar-refractivity contribution is 0.589. The molecule has 0 amide bonds. The lowest BCUT2D eigenvalue weighted by Crippen LogP contribution is -2.21. The summed E-state index contributed by atoms with van der Waals surface area (Å²) in [6.07, 6.45) is 0. The van der Waals surface area contributed by atoms with Gasteiger partial charge in [-0.1, -0.05) is 42.5 Å². The minimum absolute atomic E-state index is 0.0829. The molecule has 2 N–H and O–H groups in total. The van der Waals surface area contributed by atoms with Crippen LogP contribution in [0.4, 0.5) is 0 Å². The van der Waals surface area contributed by atoms with E-state index < -0.39 is 15.9 Å². The molecule has 0 aliphatic rings. The van der Waals surface area contributed by atoms with Gasteiger partial charge in [-0.15, -0.1) is 0 Å². The summed E-state index contributed by atoms with van der Waals surface area (Å²) in [5.74, 6) is -0.0829. The van der Waals surface area contributed by atoms with E-state index in [9.17, 15) is 8.42 Å². The van der Waals surface area contributed by atoms with Crippen LogP contribution in [0.1, 0.15) is 17.2 Å². The number of hydrogen-bond acceptors (Lipinski definition) is 3. The lowest BCUT2D eigenvalue weighted by Gasteiger charge is -2.12. The van der Waals surface area contributed by atoms with Gasteiger partial charge in [0.05, 0.1) is 10.6 Å². The smallest absolute Gasteiger partial charge is 0.180 e. The second-order valence-electron chi connectivity index (χ2n) is 4.62. The molecule has 0 saturated heterocycles. The lowest BCUT2D eigenvalue weighted by atomic mass is 10.1. The third-order valence-corrected chi connectivity index (χ3v) is 4.75. The number of benzene rings is 2. The van der Waals surface area contributed by atoms with Crippen LogP contribution >= 0.6 is 0 Å². The zero-order chi connectivity index (χ0) is 13.9. The van der Waals surface area contributed by atoms with Crippen molar-refractivity contribution in [3.63, 3.8) is 0 Å². The summed E-state index contributed by atoms with van der Waals surface area (Å²) < 4.78 is 24.6. The van der Waals surface area contributed by atoms with Crippen LogP contribution in [0.2, 0.25) is 0 Å². The molecule has 1 unspecified atom stereocenters. The van der Waals surface area contributed by atoms with E-state index in [4.69, 9.17) is 5.73 Å². The minimum Gasteiger partial charge on any atom is -0.323 e. The molecule has 4 heteroatoms. The maximum atomic E-state index is 12.3. The van der Waals surface area contributed by atoms with Crippen molar-refractivity contribution in [2.24, 2.45) is 5.73 Å². The highest BCUT2D eigenvalue weighted by Gasteiger charge is 2.19. The van der Waals surface area contributed by atoms with Crippen molar-refractivity contribution in [2.45, 2.75) is 17.9 Å². The molecular formula is C15H17NO2S. The Kier molecular flexibility index (Phi) is 4.02. The number of hydrogen-bond donors (Lipinski definition) is 1. The molecule has 0 aromatic heterocycles. The third-order valence-electron chi connectivity index (χ3n) is 2.98. The first kappa shape index (κ1) is 13.8. The Morgan fingerprint density at radius 1 is 1.05 bits per heavy atom. The minimum atomic E-state index is -3.36. The molecule has 19 heavy (non-hydrogen) atoms. The summed E-state index contributed by atoms with van der Waals surface area (Å²) in [4.78, 5) is 0.332. The Balaban J connectivity index is 2.23. The maximum Gasteiger partial charge on any atom is 0.180 e. The Morgan fingerprint density at radius 3 is 2.37 bits per heavy atom. The van der Waals surface area contributed by atoms with E-state index in [1.165, 1.54) is 0 Å². The molecule has 0 saturated carbocycles. The first-order chi connectivity index (χ1) is 8.99. The van der Waals surface area contributed by atoms with E-state index in [0.29, 0.717) is 4.90 Å². The molecular weight excluding hydrogens is 258 g/mol. The topological polar surface area (TPSA) is 60.2 Å². The zero-order valence-electron chi connectivity index (χ0n) is 10.8. The second-order valence-corrected chi connectivity index (χ2v) is 6.65. The molecule has 0 spiro atoms. The summed E-state index contributed by atoms with van der Waals surface area (Å²) in [6.45, 7) is 1.87. The molecule has 2 aromatic rings. The molecule has 3 nitrogen and oxygen atoms in total. The van der Waals surface area contributed by atoms with Crippen LogP contribution in [0.15, 0.2) is 59.5 Å². The van der Waals surface area contributed by atoms with Gasteiger partial charge in [-0.3, -0.25) is 0 Å². The fraction of sp³-hybridized carbons (Fsp3) is 0.200. The van der Waals surface area contributed by atoms with Crippen molar-refractivity contribution in [3.05, 3.63) is 65.7 Å². The molecule has 100 valence electrons. The summed E-state index contributed by atoms with van der Waals surface area (Å²) in [5, 5.41) is 0. The Labute approximate surface area is 114 Å². The van der Waals surface area contributed by atoms with E-state index in [2.05, 4.69) is 0 Å². The molecule has 1 atom stereocenters. The van der Waals surface area contributed by atoms with Crippen LogP contribution in [-0.2, 0) is 9.84 Å². The standard InChI is InChI=1S/C15H17NO2S/c1-12-6-5-9-14(10-12)19(17,18)11-15(16)13-7-3-2-4-8-13/h2-10,15H,11,16H2,1H3. The monoisotopic (exact) mass is 275 g/mol. The molecule has 0 fully saturated rings. The van der Waals surface area contributed by atoms with Crippen molar-refractivity contribution < 1.29 is 8.42 Å². The van der Waals surface area contributed by atoms with E-state index in [0.717, 1.165) is 11.1 Å². The fourth-order valence-electron chi connectivity index (χ4n) is 1.94. The highest BCUT2D eigenvalue weighted by Crippen LogP contribution is 2.18. The Hall–Kier alpha value is -1.65. The average molecular weight is 275 g/mol. The van der Waals surface area contributed by atoms with Crippen molar-refractivity contribution in [1.29, 1.82) is 0 Å². The van der Waals surface area contributed by atoms with Gasteiger partial charge in [0, 0.05) is 6.04 Å². The van der Waals surface area contributed by atoms with Crippen LogP contribution in [0.3, 0.4) is 0 Å². The predicted octanol–water partition coefficient (Wildman–Crippen LogP) is 2.47. The van der Waals surface area contributed by atoms with E-state index in [1.54, 1.807) is 18.2 Å². The van der Waals surface area contributed by atoms with Crippen molar-refractivity contribution in [2.75, 3.05) is 5.75 Å². The van der Waals surface area contributed by atoms with Gasteiger partial charge in [-0.25, -0.2) is 8.42 Å². The van der Waals surface area contributed by atoms with Gasteiger partial charge in [0.1, 0.15) is 0 Å². The molecule has 0 aliphatic heterocycles. The summed E-state index contributed by atoms with van der Waals surface area (Å²) in [6, 6.07) is 15.7.